The summed E-state index contributed by atoms with van der Waals surface area (Å²) in [6, 6.07) is 4.84. The summed E-state index contributed by atoms with van der Waals surface area (Å²) in [6.07, 6.45) is 1.01. The lowest BCUT2D eigenvalue weighted by Crippen LogP contribution is -2.37. The number of nitrogens with zero attached hydrogens (tertiary/aromatic N) is 1. The summed E-state index contributed by atoms with van der Waals surface area (Å²) in [5.74, 6) is 0. The Hall–Kier alpha value is -0.450. The van der Waals surface area contributed by atoms with Gasteiger partial charge in [0.05, 0.1) is 4.99 Å². The summed E-state index contributed by atoms with van der Waals surface area (Å²) in [6.45, 7) is 10.8. The maximum atomic E-state index is 5.78. The van der Waals surface area contributed by atoms with Crippen molar-refractivity contribution < 1.29 is 0 Å². The van der Waals surface area contributed by atoms with Crippen LogP contribution >= 0.6 is 23.6 Å². The van der Waals surface area contributed by atoms with Gasteiger partial charge in [-0.1, -0.05) is 32.1 Å². The van der Waals surface area contributed by atoms with Crippen molar-refractivity contribution in [2.24, 2.45) is 11.1 Å². The van der Waals surface area contributed by atoms with Crippen molar-refractivity contribution in [3.05, 3.63) is 22.4 Å². The molecule has 0 atom stereocenters. The fourth-order valence-electron chi connectivity index (χ4n) is 1.67. The highest BCUT2D eigenvalue weighted by atomic mass is 32.1. The van der Waals surface area contributed by atoms with Gasteiger partial charge in [-0.25, -0.2) is 0 Å². The highest BCUT2D eigenvalue weighted by Crippen LogP contribution is 2.23. The summed E-state index contributed by atoms with van der Waals surface area (Å²) in [4.78, 5) is 4.51. The molecule has 0 aromatic carbocycles. The molecule has 0 radical (unpaired) electrons. The van der Waals surface area contributed by atoms with E-state index in [0.29, 0.717) is 11.0 Å². The molecular formula is C14H24N2S2. The van der Waals surface area contributed by atoms with E-state index in [4.69, 9.17) is 18.0 Å². The normalized spacial score (nSPS) is 12.3. The molecule has 0 aliphatic carbocycles. The lowest BCUT2D eigenvalue weighted by atomic mass is 9.89. The number of rotatable bonds is 7. The predicted octanol–water partition coefficient (Wildman–Crippen LogP) is 3.66. The molecular weight excluding hydrogens is 260 g/mol. The molecule has 0 saturated heterocycles. The average molecular weight is 284 g/mol. The standard InChI is InChI=1S/C14H24N2S2/c1-11(2)16(10-12-6-5-9-18-12)8-7-14(3,4)13(15)17/h5-6,9,11H,7-8,10H2,1-4H3,(H2,15,17). The van der Waals surface area contributed by atoms with E-state index in [1.165, 1.54) is 4.88 Å². The van der Waals surface area contributed by atoms with Gasteiger partial charge in [-0.2, -0.15) is 0 Å². The monoisotopic (exact) mass is 284 g/mol. The molecule has 2 N–H and O–H groups in total. The van der Waals surface area contributed by atoms with Crippen molar-refractivity contribution in [2.45, 2.75) is 46.7 Å². The molecule has 0 aliphatic heterocycles. The third-order valence-electron chi connectivity index (χ3n) is 3.36. The Balaban J connectivity index is 2.56. The third-order valence-corrected chi connectivity index (χ3v) is 4.77. The van der Waals surface area contributed by atoms with Gasteiger partial charge < -0.3 is 5.73 Å². The minimum absolute atomic E-state index is 0.0576. The number of thiophene rings is 1. The number of hydrogen-bond donors (Lipinski definition) is 1. The molecule has 0 spiro atoms. The zero-order chi connectivity index (χ0) is 13.8. The summed E-state index contributed by atoms with van der Waals surface area (Å²) in [7, 11) is 0. The van der Waals surface area contributed by atoms with Crippen molar-refractivity contribution in [1.29, 1.82) is 0 Å². The zero-order valence-corrected chi connectivity index (χ0v) is 13.4. The van der Waals surface area contributed by atoms with Crippen LogP contribution in [0.3, 0.4) is 0 Å². The van der Waals surface area contributed by atoms with Crippen LogP contribution in [0.15, 0.2) is 17.5 Å². The van der Waals surface area contributed by atoms with Gasteiger partial charge in [0.15, 0.2) is 0 Å². The summed E-state index contributed by atoms with van der Waals surface area (Å²) in [5, 5.41) is 2.13. The van der Waals surface area contributed by atoms with Gasteiger partial charge >= 0.3 is 0 Å². The van der Waals surface area contributed by atoms with Gasteiger partial charge in [0, 0.05) is 22.9 Å². The number of thiocarbonyl (C=S) groups is 1. The van der Waals surface area contributed by atoms with Gasteiger partial charge in [0.2, 0.25) is 0 Å². The van der Waals surface area contributed by atoms with Crippen LogP contribution in [0.2, 0.25) is 0 Å². The molecule has 4 heteroatoms. The Morgan fingerprint density at radius 3 is 2.61 bits per heavy atom. The second kappa shape index (κ2) is 6.64. The third kappa shape index (κ3) is 4.67. The van der Waals surface area contributed by atoms with Crippen molar-refractivity contribution in [3.8, 4) is 0 Å². The summed E-state index contributed by atoms with van der Waals surface area (Å²) >= 11 is 6.94. The van der Waals surface area contributed by atoms with Crippen LogP contribution in [0, 0.1) is 5.41 Å². The average Bonchev–Trinajstić information content (AvgIpc) is 2.76. The topological polar surface area (TPSA) is 29.3 Å². The Morgan fingerprint density at radius 2 is 2.17 bits per heavy atom. The first-order chi connectivity index (χ1) is 8.33. The molecule has 0 bridgehead atoms. The zero-order valence-electron chi connectivity index (χ0n) is 11.8. The van der Waals surface area contributed by atoms with Gasteiger partial charge in [0.25, 0.3) is 0 Å². The van der Waals surface area contributed by atoms with E-state index < -0.39 is 0 Å². The maximum absolute atomic E-state index is 5.78. The lowest BCUT2D eigenvalue weighted by Gasteiger charge is -2.30. The van der Waals surface area contributed by atoms with E-state index >= 15 is 0 Å². The van der Waals surface area contributed by atoms with Crippen LogP contribution < -0.4 is 5.73 Å². The number of hydrogen-bond acceptors (Lipinski definition) is 3. The smallest absolute Gasteiger partial charge is 0.0784 e. The second-order valence-corrected chi connectivity index (χ2v) is 7.11. The Bertz CT molecular complexity index is 369. The second-order valence-electron chi connectivity index (χ2n) is 5.64. The first kappa shape index (κ1) is 15.6. The molecule has 0 saturated carbocycles. The van der Waals surface area contributed by atoms with E-state index in [1.54, 1.807) is 0 Å². The van der Waals surface area contributed by atoms with E-state index in [-0.39, 0.29) is 5.41 Å². The first-order valence-corrected chi connectivity index (χ1v) is 7.68. The minimum Gasteiger partial charge on any atom is -0.393 e. The minimum atomic E-state index is -0.0576. The molecule has 2 nitrogen and oxygen atoms in total. The Labute approximate surface area is 120 Å². The summed E-state index contributed by atoms with van der Waals surface area (Å²) < 4.78 is 0. The van der Waals surface area contributed by atoms with E-state index in [9.17, 15) is 0 Å². The molecule has 0 aliphatic rings. The van der Waals surface area contributed by atoms with Gasteiger partial charge in [0.1, 0.15) is 0 Å². The van der Waals surface area contributed by atoms with E-state index in [0.717, 1.165) is 19.5 Å². The fraction of sp³-hybridized carbons (Fsp3) is 0.643. The van der Waals surface area contributed by atoms with Crippen molar-refractivity contribution in [2.75, 3.05) is 6.54 Å². The largest absolute Gasteiger partial charge is 0.393 e. The molecule has 1 aromatic heterocycles. The molecule has 0 fully saturated rings. The molecule has 18 heavy (non-hydrogen) atoms. The maximum Gasteiger partial charge on any atom is 0.0784 e. The fourth-order valence-corrected chi connectivity index (χ4v) is 2.50. The molecule has 1 aromatic rings. The molecule has 0 unspecified atom stereocenters. The van der Waals surface area contributed by atoms with E-state index in [1.807, 2.05) is 11.3 Å². The first-order valence-electron chi connectivity index (χ1n) is 6.39. The van der Waals surface area contributed by atoms with Crippen LogP contribution in [0.4, 0.5) is 0 Å². The molecule has 1 heterocycles. The quantitative estimate of drug-likeness (QED) is 0.775. The lowest BCUT2D eigenvalue weighted by molar-refractivity contribution is 0.194. The Kier molecular flexibility index (Phi) is 5.76. The molecule has 1 rings (SSSR count). The van der Waals surface area contributed by atoms with Crippen molar-refractivity contribution in [3.63, 3.8) is 0 Å². The highest BCUT2D eigenvalue weighted by Gasteiger charge is 2.23. The number of nitrogens with two attached hydrogens (primary N) is 1. The van der Waals surface area contributed by atoms with Crippen LogP contribution in [-0.2, 0) is 6.54 Å². The van der Waals surface area contributed by atoms with Gasteiger partial charge in [-0.05, 0) is 38.3 Å². The Morgan fingerprint density at radius 1 is 1.50 bits per heavy atom. The predicted molar refractivity (Wildman–Crippen MR) is 85.0 cm³/mol. The SMILES string of the molecule is CC(C)N(CCC(C)(C)C(N)=S)Cc1cccs1. The van der Waals surface area contributed by atoms with E-state index in [2.05, 4.69) is 50.1 Å². The molecule has 0 amide bonds. The summed E-state index contributed by atoms with van der Waals surface area (Å²) in [5.41, 5.74) is 5.73. The van der Waals surface area contributed by atoms with Gasteiger partial charge in [-0.3, -0.25) is 4.90 Å². The van der Waals surface area contributed by atoms with Crippen molar-refractivity contribution >= 4 is 28.5 Å². The van der Waals surface area contributed by atoms with Gasteiger partial charge in [-0.15, -0.1) is 11.3 Å². The van der Waals surface area contributed by atoms with Crippen molar-refractivity contribution in [1.82, 2.24) is 4.90 Å². The van der Waals surface area contributed by atoms with Crippen LogP contribution in [-0.4, -0.2) is 22.5 Å². The highest BCUT2D eigenvalue weighted by molar-refractivity contribution is 7.80. The molecule has 102 valence electrons. The van der Waals surface area contributed by atoms with Crippen LogP contribution in [0.25, 0.3) is 0 Å². The van der Waals surface area contributed by atoms with Crippen LogP contribution in [0.5, 0.6) is 0 Å². The van der Waals surface area contributed by atoms with Crippen LogP contribution in [0.1, 0.15) is 39.0 Å².